The summed E-state index contributed by atoms with van der Waals surface area (Å²) >= 11 is 0. The van der Waals surface area contributed by atoms with Crippen LogP contribution in [-0.2, 0) is 4.79 Å². The molecule has 0 rings (SSSR count). The van der Waals surface area contributed by atoms with Crippen molar-refractivity contribution in [3.05, 3.63) is 0 Å². The Bertz CT molecular complexity index is 150. The highest BCUT2D eigenvalue weighted by Crippen LogP contribution is 2.34. The third-order valence-electron chi connectivity index (χ3n) is 3.21. The number of carbonyl (C=O) groups is 1. The maximum Gasteiger partial charge on any atom is 0.187 e. The van der Waals surface area contributed by atoms with Crippen LogP contribution in [0.3, 0.4) is 0 Å². The molecule has 0 radical (unpaired) electrons. The second-order valence-corrected chi connectivity index (χ2v) is 4.31. The summed E-state index contributed by atoms with van der Waals surface area (Å²) in [7, 11) is 1.68. The van der Waals surface area contributed by atoms with Gasteiger partial charge >= 0.3 is 0 Å². The summed E-state index contributed by atoms with van der Waals surface area (Å²) in [5.41, 5.74) is 0.426. The normalized spacial score (nSPS) is 15.1. The fourth-order valence-corrected chi connectivity index (χ4v) is 1.02. The molecule has 0 amide bonds. The summed E-state index contributed by atoms with van der Waals surface area (Å²) in [5, 5.41) is 0. The van der Waals surface area contributed by atoms with E-state index in [1.54, 1.807) is 7.85 Å². The Morgan fingerprint density at radius 2 is 1.64 bits per heavy atom. The smallest absolute Gasteiger partial charge is 0.187 e. The molecule has 2 heteroatoms. The molecule has 11 heavy (non-hydrogen) atoms. The minimum absolute atomic E-state index is 0.131. The first-order valence-corrected chi connectivity index (χ1v) is 4.30. The van der Waals surface area contributed by atoms with Gasteiger partial charge in [-0.25, -0.2) is 0 Å². The van der Waals surface area contributed by atoms with Gasteiger partial charge in [0.15, 0.2) is 7.85 Å². The summed E-state index contributed by atoms with van der Waals surface area (Å²) in [6.07, 6.45) is 0. The van der Waals surface area contributed by atoms with E-state index in [-0.39, 0.29) is 11.3 Å². The molecule has 1 nitrogen and oxygen atoms in total. The molecule has 0 spiro atoms. The van der Waals surface area contributed by atoms with E-state index in [0.29, 0.717) is 11.6 Å². The standard InChI is InChI=1S/C9H19BO/c1-6(2)9(4,5)7(3)8(10)11/h6-7H,10H2,1-5H3. The zero-order valence-corrected chi connectivity index (χ0v) is 8.56. The van der Waals surface area contributed by atoms with Gasteiger partial charge < -0.3 is 4.79 Å². The van der Waals surface area contributed by atoms with Gasteiger partial charge in [-0.05, 0) is 11.3 Å². The molecule has 0 fully saturated rings. The van der Waals surface area contributed by atoms with Gasteiger partial charge in [-0.2, -0.15) is 0 Å². The molecule has 0 aromatic carbocycles. The third kappa shape index (κ3) is 2.35. The van der Waals surface area contributed by atoms with Crippen LogP contribution in [0.15, 0.2) is 0 Å². The van der Waals surface area contributed by atoms with E-state index in [4.69, 9.17) is 0 Å². The second kappa shape index (κ2) is 3.42. The molecule has 0 aromatic heterocycles. The Morgan fingerprint density at radius 1 is 1.27 bits per heavy atom. The molecule has 0 saturated heterocycles. The van der Waals surface area contributed by atoms with Crippen LogP contribution in [0, 0.1) is 17.3 Å². The van der Waals surface area contributed by atoms with E-state index in [2.05, 4.69) is 27.7 Å². The molecule has 1 atom stereocenters. The van der Waals surface area contributed by atoms with Crippen LogP contribution in [-0.4, -0.2) is 13.5 Å². The molecule has 0 aliphatic rings. The van der Waals surface area contributed by atoms with Crippen molar-refractivity contribution in [2.24, 2.45) is 17.3 Å². The van der Waals surface area contributed by atoms with Crippen molar-refractivity contribution in [3.63, 3.8) is 0 Å². The molecular formula is C9H19BO. The molecule has 0 aliphatic carbocycles. The molecule has 1 unspecified atom stereocenters. The Morgan fingerprint density at radius 3 is 1.73 bits per heavy atom. The summed E-state index contributed by atoms with van der Waals surface area (Å²) in [6.45, 7) is 10.7. The van der Waals surface area contributed by atoms with Gasteiger partial charge in [-0.1, -0.05) is 34.6 Å². The molecular weight excluding hydrogens is 135 g/mol. The lowest BCUT2D eigenvalue weighted by Crippen LogP contribution is -2.33. The Balaban J connectivity index is 4.41. The van der Waals surface area contributed by atoms with Crippen molar-refractivity contribution in [2.45, 2.75) is 34.6 Å². The van der Waals surface area contributed by atoms with Gasteiger partial charge in [-0.3, -0.25) is 0 Å². The highest BCUT2D eigenvalue weighted by Gasteiger charge is 2.31. The van der Waals surface area contributed by atoms with Crippen molar-refractivity contribution in [1.29, 1.82) is 0 Å². The van der Waals surface area contributed by atoms with Crippen LogP contribution in [0.5, 0.6) is 0 Å². The summed E-state index contributed by atoms with van der Waals surface area (Å²) in [6, 6.07) is 0. The predicted molar refractivity (Wildman–Crippen MR) is 51.3 cm³/mol. The average molecular weight is 154 g/mol. The second-order valence-electron chi connectivity index (χ2n) is 4.31. The maximum absolute atomic E-state index is 11.1. The van der Waals surface area contributed by atoms with Crippen LogP contribution in [0.2, 0.25) is 0 Å². The molecule has 0 bridgehead atoms. The molecule has 0 N–H and O–H groups in total. The first-order valence-electron chi connectivity index (χ1n) is 4.30. The zero-order chi connectivity index (χ0) is 9.23. The average Bonchev–Trinajstić information content (AvgIpc) is 1.85. The first-order chi connectivity index (χ1) is 4.80. The van der Waals surface area contributed by atoms with Crippen LogP contribution >= 0.6 is 0 Å². The molecule has 64 valence electrons. The van der Waals surface area contributed by atoms with Crippen LogP contribution in [0.25, 0.3) is 0 Å². The lowest BCUT2D eigenvalue weighted by molar-refractivity contribution is -0.118. The van der Waals surface area contributed by atoms with Gasteiger partial charge in [0.2, 0.25) is 0 Å². The van der Waals surface area contributed by atoms with Gasteiger partial charge in [0.05, 0.1) is 5.68 Å². The highest BCUT2D eigenvalue weighted by molar-refractivity contribution is 6.58. The minimum Gasteiger partial charge on any atom is -0.312 e. The summed E-state index contributed by atoms with van der Waals surface area (Å²) in [5.74, 6) is 0.726. The SMILES string of the molecule is BC(=O)C(C)C(C)(C)C(C)C. The predicted octanol–water partition coefficient (Wildman–Crippen LogP) is 1.46. The van der Waals surface area contributed by atoms with E-state index >= 15 is 0 Å². The molecule has 0 aliphatic heterocycles. The van der Waals surface area contributed by atoms with Crippen LogP contribution in [0.1, 0.15) is 34.6 Å². The van der Waals surface area contributed by atoms with Crippen molar-refractivity contribution in [2.75, 3.05) is 0 Å². The fourth-order valence-electron chi connectivity index (χ4n) is 1.02. The van der Waals surface area contributed by atoms with E-state index in [0.717, 1.165) is 0 Å². The van der Waals surface area contributed by atoms with E-state index in [1.807, 2.05) is 6.92 Å². The maximum atomic E-state index is 11.1. The number of hydrogen-bond acceptors (Lipinski definition) is 1. The summed E-state index contributed by atoms with van der Waals surface area (Å²) in [4.78, 5) is 11.1. The molecule has 0 heterocycles. The van der Waals surface area contributed by atoms with Crippen molar-refractivity contribution >= 4 is 13.5 Å². The van der Waals surface area contributed by atoms with Crippen molar-refractivity contribution in [3.8, 4) is 0 Å². The lowest BCUT2D eigenvalue weighted by atomic mass is 9.66. The van der Waals surface area contributed by atoms with E-state index in [1.165, 1.54) is 0 Å². The van der Waals surface area contributed by atoms with Crippen LogP contribution < -0.4 is 0 Å². The molecule has 0 saturated carbocycles. The summed E-state index contributed by atoms with van der Waals surface area (Å²) < 4.78 is 0. The van der Waals surface area contributed by atoms with Gasteiger partial charge in [0.25, 0.3) is 0 Å². The highest BCUT2D eigenvalue weighted by atomic mass is 16.1. The first kappa shape index (κ1) is 10.7. The quantitative estimate of drug-likeness (QED) is 0.562. The van der Waals surface area contributed by atoms with Crippen molar-refractivity contribution < 1.29 is 4.79 Å². The Hall–Kier alpha value is -0.265. The third-order valence-corrected chi connectivity index (χ3v) is 3.21. The van der Waals surface area contributed by atoms with Crippen LogP contribution in [0.4, 0.5) is 0 Å². The van der Waals surface area contributed by atoms with Gasteiger partial charge in [0.1, 0.15) is 0 Å². The lowest BCUT2D eigenvalue weighted by Gasteiger charge is -2.34. The number of hydrogen-bond donors (Lipinski definition) is 0. The molecule has 0 aromatic rings. The largest absolute Gasteiger partial charge is 0.312 e. The topological polar surface area (TPSA) is 17.1 Å². The monoisotopic (exact) mass is 154 g/mol. The van der Waals surface area contributed by atoms with E-state index < -0.39 is 0 Å². The number of rotatable bonds is 3. The van der Waals surface area contributed by atoms with Gasteiger partial charge in [-0.15, -0.1) is 0 Å². The Labute approximate surface area is 71.0 Å². The number of carbonyl (C=O) groups excluding carboxylic acids is 1. The Kier molecular flexibility index (Phi) is 3.34. The van der Waals surface area contributed by atoms with Gasteiger partial charge in [0, 0.05) is 5.92 Å². The van der Waals surface area contributed by atoms with E-state index in [9.17, 15) is 4.79 Å². The minimum atomic E-state index is 0.131. The zero-order valence-electron chi connectivity index (χ0n) is 8.56. The van der Waals surface area contributed by atoms with Crippen molar-refractivity contribution in [1.82, 2.24) is 0 Å². The fraction of sp³-hybridized carbons (Fsp3) is 0.889.